The first-order valence-corrected chi connectivity index (χ1v) is 6.56. The van der Waals surface area contributed by atoms with E-state index in [9.17, 15) is 8.78 Å². The van der Waals surface area contributed by atoms with Gasteiger partial charge in [0.05, 0.1) is 0 Å². The maximum atomic E-state index is 12.1. The summed E-state index contributed by atoms with van der Waals surface area (Å²) in [5, 5.41) is 0. The largest absolute Gasteiger partial charge is 0.417 e. The van der Waals surface area contributed by atoms with Crippen LogP contribution < -0.4 is 4.74 Å². The van der Waals surface area contributed by atoms with Gasteiger partial charge in [0.2, 0.25) is 5.88 Å². The molecule has 1 aromatic rings. The molecule has 2 rings (SSSR count). The molecule has 18 heavy (non-hydrogen) atoms. The molecule has 1 heterocycles. The van der Waals surface area contributed by atoms with Crippen molar-refractivity contribution in [1.29, 1.82) is 0 Å². The van der Waals surface area contributed by atoms with Crippen molar-refractivity contribution in [1.82, 2.24) is 4.98 Å². The molecule has 0 amide bonds. The number of hydrogen-bond acceptors (Lipinski definition) is 2. The van der Waals surface area contributed by atoms with Crippen LogP contribution >= 0.6 is 0 Å². The van der Waals surface area contributed by atoms with Crippen LogP contribution in [-0.4, -0.2) is 11.6 Å². The second-order valence-electron chi connectivity index (χ2n) is 4.96. The quantitative estimate of drug-likeness (QED) is 0.788. The molecule has 0 fully saturated rings. The highest BCUT2D eigenvalue weighted by Gasteiger charge is 2.30. The van der Waals surface area contributed by atoms with Crippen LogP contribution in [-0.2, 0) is 6.42 Å². The fraction of sp³-hybridized carbons (Fsp3) is 0.643. The van der Waals surface area contributed by atoms with Crippen molar-refractivity contribution < 1.29 is 13.5 Å². The number of pyridine rings is 1. The maximum absolute atomic E-state index is 12.1. The lowest BCUT2D eigenvalue weighted by molar-refractivity contribution is -0.0529. The lowest BCUT2D eigenvalue weighted by Crippen LogP contribution is -2.04. The Bertz CT molecular complexity index is 409. The number of fused-ring (bicyclic) bond motifs is 1. The summed E-state index contributed by atoms with van der Waals surface area (Å²) in [7, 11) is 0. The molecule has 2 nitrogen and oxygen atoms in total. The Labute approximate surface area is 106 Å². The standard InChI is InChI=1S/C14H19F2NO/c1-3-4-5-10-8-12-11(9(10)2)6-7-13(17-12)18-14(15)16/h6-7,9-10,14H,3-5,8H2,1-2H3/t9-,10-/m1/s1. The molecule has 1 aliphatic carbocycles. The topological polar surface area (TPSA) is 22.1 Å². The van der Waals surface area contributed by atoms with Gasteiger partial charge in [-0.2, -0.15) is 8.78 Å². The molecule has 0 bridgehead atoms. The van der Waals surface area contributed by atoms with Crippen molar-refractivity contribution in [3.05, 3.63) is 23.4 Å². The predicted octanol–water partition coefficient (Wildman–Crippen LogP) is 4.15. The van der Waals surface area contributed by atoms with Crippen LogP contribution in [0.1, 0.15) is 50.3 Å². The van der Waals surface area contributed by atoms with E-state index in [0.29, 0.717) is 11.8 Å². The van der Waals surface area contributed by atoms with E-state index in [1.807, 2.05) is 6.07 Å². The molecule has 100 valence electrons. The fourth-order valence-corrected chi connectivity index (χ4v) is 2.72. The molecule has 0 N–H and O–H groups in total. The first-order chi connectivity index (χ1) is 8.61. The van der Waals surface area contributed by atoms with Gasteiger partial charge in [-0.05, 0) is 30.2 Å². The second kappa shape index (κ2) is 5.63. The third-order valence-corrected chi connectivity index (χ3v) is 3.78. The average molecular weight is 255 g/mol. The van der Waals surface area contributed by atoms with Crippen LogP contribution in [0.15, 0.2) is 12.1 Å². The van der Waals surface area contributed by atoms with Gasteiger partial charge in [0, 0.05) is 11.8 Å². The SMILES string of the molecule is CCCC[C@@H]1Cc2nc(OC(F)F)ccc2[C@@H]1C. The molecular weight excluding hydrogens is 236 g/mol. The van der Waals surface area contributed by atoms with E-state index < -0.39 is 6.61 Å². The van der Waals surface area contributed by atoms with Crippen molar-refractivity contribution in [2.24, 2.45) is 5.92 Å². The summed E-state index contributed by atoms with van der Waals surface area (Å²) in [6, 6.07) is 3.43. The number of unbranched alkanes of at least 4 members (excludes halogenated alkanes) is 1. The summed E-state index contributed by atoms with van der Waals surface area (Å²) in [5.74, 6) is 1.10. The van der Waals surface area contributed by atoms with E-state index >= 15 is 0 Å². The highest BCUT2D eigenvalue weighted by atomic mass is 19.3. The average Bonchev–Trinajstić information content (AvgIpc) is 2.62. The van der Waals surface area contributed by atoms with E-state index in [2.05, 4.69) is 23.6 Å². The lowest BCUT2D eigenvalue weighted by atomic mass is 9.90. The number of halogens is 2. The Morgan fingerprint density at radius 2 is 2.22 bits per heavy atom. The second-order valence-corrected chi connectivity index (χ2v) is 4.96. The lowest BCUT2D eigenvalue weighted by Gasteiger charge is -2.14. The maximum Gasteiger partial charge on any atom is 0.388 e. The molecule has 0 aromatic carbocycles. The van der Waals surface area contributed by atoms with Gasteiger partial charge < -0.3 is 4.74 Å². The molecule has 0 aliphatic heterocycles. The van der Waals surface area contributed by atoms with E-state index in [4.69, 9.17) is 0 Å². The van der Waals surface area contributed by atoms with Gasteiger partial charge in [0.25, 0.3) is 0 Å². The number of alkyl halides is 2. The minimum absolute atomic E-state index is 0.0343. The molecule has 0 radical (unpaired) electrons. The Morgan fingerprint density at radius 1 is 1.44 bits per heavy atom. The molecule has 1 aliphatic rings. The van der Waals surface area contributed by atoms with E-state index in [0.717, 1.165) is 12.1 Å². The van der Waals surface area contributed by atoms with Gasteiger partial charge >= 0.3 is 6.61 Å². The first-order valence-electron chi connectivity index (χ1n) is 6.56. The minimum Gasteiger partial charge on any atom is -0.417 e. The highest BCUT2D eigenvalue weighted by molar-refractivity contribution is 5.33. The Morgan fingerprint density at radius 3 is 2.89 bits per heavy atom. The Hall–Kier alpha value is -1.19. The zero-order chi connectivity index (χ0) is 13.1. The summed E-state index contributed by atoms with van der Waals surface area (Å²) in [6.45, 7) is 1.58. The van der Waals surface area contributed by atoms with Crippen molar-refractivity contribution >= 4 is 0 Å². The van der Waals surface area contributed by atoms with E-state index in [1.54, 1.807) is 6.07 Å². The van der Waals surface area contributed by atoms with Crippen LogP contribution in [0.4, 0.5) is 8.78 Å². The third kappa shape index (κ3) is 2.79. The molecular formula is C14H19F2NO. The van der Waals surface area contributed by atoms with Crippen LogP contribution in [0.5, 0.6) is 5.88 Å². The zero-order valence-corrected chi connectivity index (χ0v) is 10.8. The zero-order valence-electron chi connectivity index (χ0n) is 10.8. The molecule has 4 heteroatoms. The molecule has 0 unspecified atom stereocenters. The van der Waals surface area contributed by atoms with Gasteiger partial charge in [-0.1, -0.05) is 32.8 Å². The van der Waals surface area contributed by atoms with Crippen molar-refractivity contribution in [3.63, 3.8) is 0 Å². The Balaban J connectivity index is 2.10. The molecule has 2 atom stereocenters. The fourth-order valence-electron chi connectivity index (χ4n) is 2.72. The van der Waals surface area contributed by atoms with Gasteiger partial charge in [-0.3, -0.25) is 0 Å². The van der Waals surface area contributed by atoms with Crippen molar-refractivity contribution in [2.45, 2.75) is 52.1 Å². The van der Waals surface area contributed by atoms with E-state index in [1.165, 1.54) is 24.8 Å². The molecule has 0 saturated carbocycles. The number of nitrogens with zero attached hydrogens (tertiary/aromatic N) is 1. The van der Waals surface area contributed by atoms with Gasteiger partial charge in [-0.15, -0.1) is 0 Å². The van der Waals surface area contributed by atoms with E-state index in [-0.39, 0.29) is 5.88 Å². The number of rotatable bonds is 5. The summed E-state index contributed by atoms with van der Waals surface area (Å²) in [5.41, 5.74) is 2.12. The van der Waals surface area contributed by atoms with Crippen LogP contribution in [0.2, 0.25) is 0 Å². The molecule has 0 saturated heterocycles. The first kappa shape index (κ1) is 13.2. The summed E-state index contributed by atoms with van der Waals surface area (Å²) < 4.78 is 28.6. The van der Waals surface area contributed by atoms with Crippen LogP contribution in [0, 0.1) is 5.92 Å². The molecule has 0 spiro atoms. The monoisotopic (exact) mass is 255 g/mol. The summed E-state index contributed by atoms with van der Waals surface area (Å²) in [6.07, 6.45) is 4.46. The van der Waals surface area contributed by atoms with Gasteiger partial charge in [0.1, 0.15) is 0 Å². The number of ether oxygens (including phenoxy) is 1. The van der Waals surface area contributed by atoms with Crippen molar-refractivity contribution in [2.75, 3.05) is 0 Å². The highest BCUT2D eigenvalue weighted by Crippen LogP contribution is 2.40. The van der Waals surface area contributed by atoms with Gasteiger partial charge in [0.15, 0.2) is 0 Å². The third-order valence-electron chi connectivity index (χ3n) is 3.78. The number of hydrogen-bond donors (Lipinski definition) is 0. The van der Waals surface area contributed by atoms with Gasteiger partial charge in [-0.25, -0.2) is 4.98 Å². The smallest absolute Gasteiger partial charge is 0.388 e. The predicted molar refractivity (Wildman–Crippen MR) is 66.0 cm³/mol. The minimum atomic E-state index is -2.80. The normalized spacial score (nSPS) is 22.3. The van der Waals surface area contributed by atoms with Crippen LogP contribution in [0.25, 0.3) is 0 Å². The van der Waals surface area contributed by atoms with Crippen molar-refractivity contribution in [3.8, 4) is 5.88 Å². The number of aromatic nitrogens is 1. The Kier molecular flexibility index (Phi) is 4.15. The molecule has 1 aromatic heterocycles. The van der Waals surface area contributed by atoms with Crippen LogP contribution in [0.3, 0.4) is 0 Å². The summed E-state index contributed by atoms with van der Waals surface area (Å²) >= 11 is 0. The summed E-state index contributed by atoms with van der Waals surface area (Å²) in [4.78, 5) is 4.20.